The van der Waals surface area contributed by atoms with Crippen LogP contribution in [0.2, 0.25) is 0 Å². The van der Waals surface area contributed by atoms with Gasteiger partial charge in [-0.05, 0) is 128 Å². The largest absolute Gasteiger partial charge is 0.481 e. The quantitative estimate of drug-likeness (QED) is 0.187. The van der Waals surface area contributed by atoms with Gasteiger partial charge in [0, 0.05) is 38.0 Å². The molecule has 0 spiro atoms. The molecular weight excluding hydrogens is 691 g/mol. The average Bonchev–Trinajstić information content (AvgIpc) is 3.41. The van der Waals surface area contributed by atoms with E-state index in [1.54, 1.807) is 0 Å². The summed E-state index contributed by atoms with van der Waals surface area (Å²) < 4.78 is 31.4. The molecular formula is C42H69N3O7S. The van der Waals surface area contributed by atoms with Crippen LogP contribution in [0, 0.1) is 62.1 Å². The number of nitrogens with two attached hydrogens (primary N) is 1. The molecule has 1 saturated heterocycles. The number of rotatable bonds is 9. The summed E-state index contributed by atoms with van der Waals surface area (Å²) in [6.07, 6.45) is 11.1. The number of ether oxygens (including phenoxy) is 1. The lowest BCUT2D eigenvalue weighted by molar-refractivity contribution is -0.250. The second-order valence-corrected chi connectivity index (χ2v) is 22.3. The minimum atomic E-state index is -3.76. The van der Waals surface area contributed by atoms with E-state index in [4.69, 9.17) is 9.88 Å². The molecule has 1 amide bonds. The smallest absolute Gasteiger partial charge is 0.306 e. The van der Waals surface area contributed by atoms with E-state index in [1.165, 1.54) is 16.3 Å². The minimum Gasteiger partial charge on any atom is -0.481 e. The molecule has 1 heterocycles. The van der Waals surface area contributed by atoms with Gasteiger partial charge in [0.2, 0.25) is 5.91 Å². The van der Waals surface area contributed by atoms with Crippen molar-refractivity contribution in [3.8, 4) is 0 Å². The molecule has 6 aliphatic rings. The van der Waals surface area contributed by atoms with Crippen molar-refractivity contribution in [2.75, 3.05) is 26.2 Å². The molecule has 0 aromatic heterocycles. The fourth-order valence-corrected chi connectivity index (χ4v) is 15.1. The first-order valence-corrected chi connectivity index (χ1v) is 22.0. The van der Waals surface area contributed by atoms with E-state index in [0.717, 1.165) is 57.8 Å². The summed E-state index contributed by atoms with van der Waals surface area (Å²) in [6, 6.07) is 0. The van der Waals surface area contributed by atoms with Crippen molar-refractivity contribution in [3.63, 3.8) is 0 Å². The Bertz CT molecular complexity index is 1600. The zero-order valence-corrected chi connectivity index (χ0v) is 34.8. The van der Waals surface area contributed by atoms with E-state index in [2.05, 4.69) is 48.1 Å². The standard InChI is InChI=1S/C42H69N3O7S/c1-27(2)28-12-17-42(24-33(46)44-20-22-45(23-21-44)53(43,50)51)19-18-40(8)29(36(28)42)10-11-31-39(7)15-14-32(38(5,6)30(39)13-16-41(31,40)9)52-35(49)26-37(3,4)25-34(47)48/h28-32,36H,1,10-26H2,2-9H3,(H,47,48)(H2,43,50,51)/t28-,29+,30-,31+,32-,36+,39-,40+,41+,42+/m0/s1. The van der Waals surface area contributed by atoms with Gasteiger partial charge in [0.15, 0.2) is 0 Å². The molecule has 1 aliphatic heterocycles. The number of hydrogen-bond donors (Lipinski definition) is 2. The molecule has 0 unspecified atom stereocenters. The molecule has 53 heavy (non-hydrogen) atoms. The fraction of sp³-hybridized carbons (Fsp3) is 0.881. The normalized spacial score (nSPS) is 41.3. The molecule has 3 N–H and O–H groups in total. The zero-order valence-electron chi connectivity index (χ0n) is 34.0. The fourth-order valence-electron chi connectivity index (χ4n) is 14.4. The Labute approximate surface area is 319 Å². The molecule has 6 rings (SSSR count). The first kappa shape index (κ1) is 40.7. The minimum absolute atomic E-state index is 0.0603. The highest BCUT2D eigenvalue weighted by molar-refractivity contribution is 7.86. The molecule has 5 aliphatic carbocycles. The maximum Gasteiger partial charge on any atom is 0.306 e. The van der Waals surface area contributed by atoms with Gasteiger partial charge in [0.05, 0.1) is 12.8 Å². The number of allylic oxidation sites excluding steroid dienone is 1. The van der Waals surface area contributed by atoms with Gasteiger partial charge in [-0.15, -0.1) is 0 Å². The molecule has 10 nitrogen and oxygen atoms in total. The Morgan fingerprint density at radius 2 is 1.51 bits per heavy atom. The van der Waals surface area contributed by atoms with Gasteiger partial charge >= 0.3 is 11.9 Å². The van der Waals surface area contributed by atoms with Gasteiger partial charge < -0.3 is 14.7 Å². The second-order valence-electron chi connectivity index (χ2n) is 20.8. The SMILES string of the molecule is C=C(C)[C@@H]1CC[C@]2(CC(=O)N3CCN(S(N)(=O)=O)CC3)CC[C@]3(C)[C@H](CC[C@@H]4[C@@]5(C)CC[C@H](OC(=O)CC(C)(C)CC(=O)O)C(C)(C)[C@@H]5CC[C@]43C)[C@@H]12. The van der Waals surface area contributed by atoms with Crippen LogP contribution in [0.15, 0.2) is 12.2 Å². The lowest BCUT2D eigenvalue weighted by Crippen LogP contribution is -2.67. The van der Waals surface area contributed by atoms with Crippen LogP contribution in [0.25, 0.3) is 0 Å². The van der Waals surface area contributed by atoms with Crippen LogP contribution >= 0.6 is 0 Å². The molecule has 300 valence electrons. The monoisotopic (exact) mass is 759 g/mol. The second kappa shape index (κ2) is 13.6. The highest BCUT2D eigenvalue weighted by Crippen LogP contribution is 2.78. The van der Waals surface area contributed by atoms with Gasteiger partial charge in [0.1, 0.15) is 6.10 Å². The lowest BCUT2D eigenvalue weighted by atomic mass is 9.32. The number of carboxylic acid groups (broad SMARTS) is 1. The summed E-state index contributed by atoms with van der Waals surface area (Å²) in [7, 11) is -3.76. The molecule has 0 bridgehead atoms. The van der Waals surface area contributed by atoms with Gasteiger partial charge in [-0.25, -0.2) is 5.14 Å². The van der Waals surface area contributed by atoms with Crippen molar-refractivity contribution in [2.45, 2.75) is 145 Å². The van der Waals surface area contributed by atoms with Crippen LogP contribution < -0.4 is 5.14 Å². The summed E-state index contributed by atoms with van der Waals surface area (Å²) in [6.45, 7) is 24.0. The number of piperazine rings is 1. The summed E-state index contributed by atoms with van der Waals surface area (Å²) in [4.78, 5) is 40.6. The third-order valence-corrected chi connectivity index (χ3v) is 18.2. The molecule has 0 aromatic carbocycles. The van der Waals surface area contributed by atoms with E-state index in [0.29, 0.717) is 49.1 Å². The van der Waals surface area contributed by atoms with E-state index in [-0.39, 0.29) is 71.0 Å². The van der Waals surface area contributed by atoms with E-state index < -0.39 is 21.6 Å². The third kappa shape index (κ3) is 6.82. The topological polar surface area (TPSA) is 147 Å². The number of carboxylic acids is 1. The number of aliphatic carboxylic acids is 1. The van der Waals surface area contributed by atoms with Crippen LogP contribution in [0.1, 0.15) is 139 Å². The lowest BCUT2D eigenvalue weighted by Gasteiger charge is -2.73. The number of hydrogen-bond acceptors (Lipinski definition) is 6. The number of nitrogens with zero attached hydrogens (tertiary/aromatic N) is 2. The van der Waals surface area contributed by atoms with Gasteiger partial charge in [-0.2, -0.15) is 12.7 Å². The Hall–Kier alpha value is -1.98. The Morgan fingerprint density at radius 3 is 2.11 bits per heavy atom. The first-order chi connectivity index (χ1) is 24.4. The van der Waals surface area contributed by atoms with E-state index in [1.807, 2.05) is 18.7 Å². The van der Waals surface area contributed by atoms with Crippen molar-refractivity contribution in [1.29, 1.82) is 0 Å². The molecule has 0 radical (unpaired) electrons. The summed E-state index contributed by atoms with van der Waals surface area (Å²) in [5.74, 6) is 1.26. The molecule has 10 atom stereocenters. The molecule has 5 saturated carbocycles. The van der Waals surface area contributed by atoms with Gasteiger partial charge in [0.25, 0.3) is 10.2 Å². The van der Waals surface area contributed by atoms with Crippen molar-refractivity contribution in [1.82, 2.24) is 9.21 Å². The van der Waals surface area contributed by atoms with Crippen LogP contribution in [0.5, 0.6) is 0 Å². The number of carbonyl (C=O) groups excluding carboxylic acids is 2. The van der Waals surface area contributed by atoms with Crippen molar-refractivity contribution in [3.05, 3.63) is 12.2 Å². The first-order valence-electron chi connectivity index (χ1n) is 20.5. The van der Waals surface area contributed by atoms with Crippen LogP contribution in [-0.2, 0) is 29.3 Å². The number of fused-ring (bicyclic) bond motifs is 7. The summed E-state index contributed by atoms with van der Waals surface area (Å²) >= 11 is 0. The van der Waals surface area contributed by atoms with E-state index >= 15 is 0 Å². The highest BCUT2D eigenvalue weighted by atomic mass is 32.2. The average molecular weight is 760 g/mol. The van der Waals surface area contributed by atoms with Crippen molar-refractivity contribution >= 4 is 28.1 Å². The number of esters is 1. The molecule has 0 aromatic rings. The van der Waals surface area contributed by atoms with Gasteiger partial charge in [-0.1, -0.05) is 60.6 Å². The maximum atomic E-state index is 14.1. The summed E-state index contributed by atoms with van der Waals surface area (Å²) in [5, 5.41) is 14.7. The Morgan fingerprint density at radius 1 is 0.849 bits per heavy atom. The van der Waals surface area contributed by atoms with Crippen LogP contribution in [0.4, 0.5) is 0 Å². The maximum absolute atomic E-state index is 14.1. The molecule has 6 fully saturated rings. The van der Waals surface area contributed by atoms with Crippen LogP contribution in [0.3, 0.4) is 0 Å². The van der Waals surface area contributed by atoms with Crippen molar-refractivity contribution < 1.29 is 32.6 Å². The van der Waals surface area contributed by atoms with Crippen LogP contribution in [-0.4, -0.2) is 72.9 Å². The third-order valence-electron chi connectivity index (χ3n) is 17.2. The van der Waals surface area contributed by atoms with Crippen molar-refractivity contribution in [2.24, 2.45) is 67.2 Å². The summed E-state index contributed by atoms with van der Waals surface area (Å²) in [5.41, 5.74) is 0.720. The predicted octanol–water partition coefficient (Wildman–Crippen LogP) is 7.18. The molecule has 11 heteroatoms. The predicted molar refractivity (Wildman–Crippen MR) is 205 cm³/mol. The Balaban J connectivity index is 1.21. The van der Waals surface area contributed by atoms with E-state index in [9.17, 15) is 27.9 Å². The Kier molecular flexibility index (Phi) is 10.4. The number of carbonyl (C=O) groups is 3. The highest BCUT2D eigenvalue weighted by Gasteiger charge is 2.71. The zero-order chi connectivity index (χ0) is 39.2. The number of amides is 1. The van der Waals surface area contributed by atoms with Gasteiger partial charge in [-0.3, -0.25) is 14.4 Å².